The quantitative estimate of drug-likeness (QED) is 0.886. The van der Waals surface area contributed by atoms with Crippen molar-refractivity contribution in [3.05, 3.63) is 17.4 Å². The van der Waals surface area contributed by atoms with E-state index in [0.717, 1.165) is 0 Å². The van der Waals surface area contributed by atoms with Crippen LogP contribution in [-0.4, -0.2) is 31.4 Å². The summed E-state index contributed by atoms with van der Waals surface area (Å²) in [6, 6.07) is 1.23. The molecule has 1 aromatic rings. The van der Waals surface area contributed by atoms with Crippen LogP contribution in [0.15, 0.2) is 6.07 Å². The Bertz CT molecular complexity index is 486. The fourth-order valence-electron chi connectivity index (χ4n) is 2.07. The number of carboxylic acids is 1. The van der Waals surface area contributed by atoms with Gasteiger partial charge in [-0.2, -0.15) is 0 Å². The van der Waals surface area contributed by atoms with Crippen LogP contribution in [0.4, 0.5) is 4.39 Å². The third-order valence-electron chi connectivity index (χ3n) is 2.86. The lowest BCUT2D eigenvalue weighted by atomic mass is 10.0. The molecule has 1 aromatic carbocycles. The van der Waals surface area contributed by atoms with Crippen LogP contribution in [0.5, 0.6) is 17.2 Å². The third kappa shape index (κ3) is 2.89. The number of methoxy groups -OCH3 is 1. The molecule has 6 heteroatoms. The molecule has 0 aromatic heterocycles. The first-order valence-corrected chi connectivity index (χ1v) is 6.00. The van der Waals surface area contributed by atoms with E-state index in [0.29, 0.717) is 43.1 Å². The molecule has 5 nitrogen and oxygen atoms in total. The van der Waals surface area contributed by atoms with E-state index in [1.165, 1.54) is 13.2 Å². The molecule has 0 unspecified atom stereocenters. The molecular weight excluding hydrogens is 255 g/mol. The molecule has 1 aliphatic heterocycles. The van der Waals surface area contributed by atoms with Crippen molar-refractivity contribution in [3.63, 3.8) is 0 Å². The number of ether oxygens (including phenoxy) is 3. The fraction of sp³-hybridized carbons (Fsp3) is 0.462. The molecule has 104 valence electrons. The molecule has 19 heavy (non-hydrogen) atoms. The fourth-order valence-corrected chi connectivity index (χ4v) is 2.07. The predicted octanol–water partition coefficient (Wildman–Crippen LogP) is 2.01. The Morgan fingerprint density at radius 2 is 2.21 bits per heavy atom. The standard InChI is InChI=1S/C13H15FO5/c1-17-12-8(3-2-4-11(15)16)13-10(7-9(12)14)18-5-6-19-13/h7H,2-6H2,1H3,(H,15,16). The van der Waals surface area contributed by atoms with Gasteiger partial charge in [0.05, 0.1) is 7.11 Å². The minimum Gasteiger partial charge on any atom is -0.493 e. The number of fused-ring (bicyclic) bond motifs is 1. The minimum atomic E-state index is -0.888. The molecule has 0 amide bonds. The Kier molecular flexibility index (Phi) is 4.09. The van der Waals surface area contributed by atoms with Crippen LogP contribution in [0.25, 0.3) is 0 Å². The smallest absolute Gasteiger partial charge is 0.303 e. The van der Waals surface area contributed by atoms with Gasteiger partial charge in [0.15, 0.2) is 23.1 Å². The van der Waals surface area contributed by atoms with Crippen molar-refractivity contribution >= 4 is 5.97 Å². The number of halogens is 1. The molecule has 2 rings (SSSR count). The van der Waals surface area contributed by atoms with Gasteiger partial charge in [0.1, 0.15) is 13.2 Å². The second kappa shape index (κ2) is 5.77. The van der Waals surface area contributed by atoms with Crippen molar-refractivity contribution in [2.75, 3.05) is 20.3 Å². The van der Waals surface area contributed by atoms with E-state index in [1.807, 2.05) is 0 Å². The van der Waals surface area contributed by atoms with Gasteiger partial charge in [0.25, 0.3) is 0 Å². The largest absolute Gasteiger partial charge is 0.493 e. The molecule has 0 saturated heterocycles. The molecule has 0 bridgehead atoms. The van der Waals surface area contributed by atoms with Crippen molar-refractivity contribution in [1.82, 2.24) is 0 Å². The number of carbonyl (C=O) groups is 1. The van der Waals surface area contributed by atoms with E-state index in [4.69, 9.17) is 19.3 Å². The van der Waals surface area contributed by atoms with E-state index in [1.54, 1.807) is 0 Å². The number of rotatable bonds is 5. The first-order chi connectivity index (χ1) is 9.13. The molecule has 1 N–H and O–H groups in total. The van der Waals surface area contributed by atoms with Gasteiger partial charge in [-0.1, -0.05) is 0 Å². The number of aliphatic carboxylic acids is 1. The summed E-state index contributed by atoms with van der Waals surface area (Å²) in [5.41, 5.74) is 0.526. The lowest BCUT2D eigenvalue weighted by Gasteiger charge is -2.23. The van der Waals surface area contributed by atoms with Crippen LogP contribution in [0.1, 0.15) is 18.4 Å². The van der Waals surface area contributed by atoms with E-state index in [9.17, 15) is 9.18 Å². The zero-order valence-electron chi connectivity index (χ0n) is 10.6. The van der Waals surface area contributed by atoms with Gasteiger partial charge in [0, 0.05) is 18.1 Å². The molecule has 1 aliphatic rings. The highest BCUT2D eigenvalue weighted by Crippen LogP contribution is 2.42. The van der Waals surface area contributed by atoms with Crippen molar-refractivity contribution in [3.8, 4) is 17.2 Å². The van der Waals surface area contributed by atoms with Crippen LogP contribution in [0.3, 0.4) is 0 Å². The summed E-state index contributed by atoms with van der Waals surface area (Å²) in [6.07, 6.45) is 0.749. The average molecular weight is 270 g/mol. The topological polar surface area (TPSA) is 65.0 Å². The second-order valence-electron chi connectivity index (χ2n) is 4.14. The minimum absolute atomic E-state index is 0.00922. The normalized spacial score (nSPS) is 13.2. The average Bonchev–Trinajstić information content (AvgIpc) is 2.38. The van der Waals surface area contributed by atoms with Crippen LogP contribution in [0, 0.1) is 5.82 Å². The van der Waals surface area contributed by atoms with Gasteiger partial charge in [-0.25, -0.2) is 4.39 Å². The summed E-state index contributed by atoms with van der Waals surface area (Å²) in [7, 11) is 1.37. The van der Waals surface area contributed by atoms with Gasteiger partial charge < -0.3 is 19.3 Å². The molecule has 0 fully saturated rings. The highest BCUT2D eigenvalue weighted by Gasteiger charge is 2.23. The van der Waals surface area contributed by atoms with Crippen molar-refractivity contribution in [1.29, 1.82) is 0 Å². The molecule has 0 radical (unpaired) electrons. The Hall–Kier alpha value is -1.98. The summed E-state index contributed by atoms with van der Waals surface area (Å²) in [5, 5.41) is 8.65. The maximum absolute atomic E-state index is 13.8. The number of benzene rings is 1. The van der Waals surface area contributed by atoms with Crippen molar-refractivity contribution in [2.45, 2.75) is 19.3 Å². The highest BCUT2D eigenvalue weighted by atomic mass is 19.1. The van der Waals surface area contributed by atoms with Gasteiger partial charge >= 0.3 is 5.97 Å². The monoisotopic (exact) mass is 270 g/mol. The van der Waals surface area contributed by atoms with Crippen LogP contribution in [0.2, 0.25) is 0 Å². The zero-order valence-corrected chi connectivity index (χ0v) is 10.6. The van der Waals surface area contributed by atoms with Crippen molar-refractivity contribution in [2.24, 2.45) is 0 Å². The van der Waals surface area contributed by atoms with Gasteiger partial charge in [-0.05, 0) is 12.8 Å². The van der Waals surface area contributed by atoms with Gasteiger partial charge in [-0.3, -0.25) is 4.79 Å². The lowest BCUT2D eigenvalue weighted by molar-refractivity contribution is -0.137. The maximum atomic E-state index is 13.8. The first kappa shape index (κ1) is 13.5. The molecular formula is C13H15FO5. The van der Waals surface area contributed by atoms with Crippen LogP contribution >= 0.6 is 0 Å². The highest BCUT2D eigenvalue weighted by molar-refractivity contribution is 5.66. The maximum Gasteiger partial charge on any atom is 0.303 e. The molecule has 1 heterocycles. The summed E-state index contributed by atoms with van der Waals surface area (Å²) in [5.74, 6) is -0.530. The summed E-state index contributed by atoms with van der Waals surface area (Å²) in [4.78, 5) is 10.5. The molecule has 0 saturated carbocycles. The first-order valence-electron chi connectivity index (χ1n) is 6.00. The van der Waals surface area contributed by atoms with Gasteiger partial charge in [0.2, 0.25) is 0 Å². The number of hydrogen-bond acceptors (Lipinski definition) is 4. The SMILES string of the molecule is COc1c(F)cc2c(c1CCCC(=O)O)OCCO2. The predicted molar refractivity (Wildman–Crippen MR) is 64.5 cm³/mol. The Labute approximate surface area is 109 Å². The summed E-state index contributed by atoms with van der Waals surface area (Å²) in [6.45, 7) is 0.751. The number of carboxylic acid groups (broad SMARTS) is 1. The zero-order chi connectivity index (χ0) is 13.8. The Morgan fingerprint density at radius 1 is 1.47 bits per heavy atom. The van der Waals surface area contributed by atoms with E-state index < -0.39 is 11.8 Å². The third-order valence-corrected chi connectivity index (χ3v) is 2.86. The lowest BCUT2D eigenvalue weighted by Crippen LogP contribution is -2.17. The van der Waals surface area contributed by atoms with Crippen molar-refractivity contribution < 1.29 is 28.5 Å². The Balaban J connectivity index is 2.31. The van der Waals surface area contributed by atoms with Crippen LogP contribution < -0.4 is 14.2 Å². The second-order valence-corrected chi connectivity index (χ2v) is 4.14. The van der Waals surface area contributed by atoms with E-state index >= 15 is 0 Å². The molecule has 0 spiro atoms. The molecule has 0 aliphatic carbocycles. The number of hydrogen-bond donors (Lipinski definition) is 1. The van der Waals surface area contributed by atoms with E-state index in [-0.39, 0.29) is 12.2 Å². The van der Waals surface area contributed by atoms with Gasteiger partial charge in [-0.15, -0.1) is 0 Å². The van der Waals surface area contributed by atoms with E-state index in [2.05, 4.69) is 0 Å². The van der Waals surface area contributed by atoms with Crippen LogP contribution in [-0.2, 0) is 11.2 Å². The molecule has 0 atom stereocenters. The summed E-state index contributed by atoms with van der Waals surface area (Å²) < 4.78 is 29.7. The Morgan fingerprint density at radius 3 is 2.89 bits per heavy atom. The summed E-state index contributed by atoms with van der Waals surface area (Å²) >= 11 is 0.